The van der Waals surface area contributed by atoms with Crippen molar-refractivity contribution >= 4 is 5.78 Å². The molecule has 1 unspecified atom stereocenters. The van der Waals surface area contributed by atoms with Crippen molar-refractivity contribution in [2.45, 2.75) is 110 Å². The molecule has 0 aromatic rings. The molecular weight excluding hydrogens is 334 g/mol. The van der Waals surface area contributed by atoms with Gasteiger partial charge in [-0.1, -0.05) is 33.1 Å². The van der Waals surface area contributed by atoms with Crippen molar-refractivity contribution in [3.63, 3.8) is 0 Å². The highest BCUT2D eigenvalue weighted by molar-refractivity contribution is 5.77. The SMILES string of the molecule is CCCCO[C@H]1CC[C@H](CC(C#N)C2CCC(CCC(=O)CC)CC2)CC1. The first-order chi connectivity index (χ1) is 13.2. The van der Waals surface area contributed by atoms with Crippen molar-refractivity contribution in [1.82, 2.24) is 0 Å². The van der Waals surface area contributed by atoms with E-state index in [1.807, 2.05) is 6.92 Å². The lowest BCUT2D eigenvalue weighted by molar-refractivity contribution is -0.119. The zero-order valence-electron chi connectivity index (χ0n) is 17.8. The van der Waals surface area contributed by atoms with Crippen molar-refractivity contribution in [2.24, 2.45) is 23.7 Å². The van der Waals surface area contributed by atoms with Crippen LogP contribution in [0.4, 0.5) is 0 Å². The highest BCUT2D eigenvalue weighted by Gasteiger charge is 2.31. The number of hydrogen-bond donors (Lipinski definition) is 0. The van der Waals surface area contributed by atoms with E-state index in [0.717, 1.165) is 31.8 Å². The lowest BCUT2D eigenvalue weighted by Crippen LogP contribution is -2.27. The number of nitrogens with zero attached hydrogens (tertiary/aromatic N) is 1. The minimum atomic E-state index is 0.241. The van der Waals surface area contributed by atoms with E-state index >= 15 is 0 Å². The molecule has 0 saturated heterocycles. The van der Waals surface area contributed by atoms with E-state index in [9.17, 15) is 10.1 Å². The Morgan fingerprint density at radius 3 is 2.30 bits per heavy atom. The molecule has 3 heteroatoms. The number of ketones is 1. The Labute approximate surface area is 167 Å². The van der Waals surface area contributed by atoms with Crippen LogP contribution < -0.4 is 0 Å². The molecule has 0 radical (unpaired) electrons. The van der Waals surface area contributed by atoms with Gasteiger partial charge in [0, 0.05) is 25.4 Å². The van der Waals surface area contributed by atoms with E-state index in [0.29, 0.717) is 30.1 Å². The first-order valence-electron chi connectivity index (χ1n) is 11.7. The average Bonchev–Trinajstić information content (AvgIpc) is 2.72. The maximum absolute atomic E-state index is 11.5. The molecule has 0 aromatic heterocycles. The van der Waals surface area contributed by atoms with Crippen LogP contribution in [0.3, 0.4) is 0 Å². The molecule has 2 aliphatic rings. The molecule has 2 aliphatic carbocycles. The summed E-state index contributed by atoms with van der Waals surface area (Å²) in [4.78, 5) is 11.5. The minimum Gasteiger partial charge on any atom is -0.378 e. The quantitative estimate of drug-likeness (QED) is 0.389. The van der Waals surface area contributed by atoms with E-state index in [-0.39, 0.29) is 5.92 Å². The van der Waals surface area contributed by atoms with Gasteiger partial charge in [-0.25, -0.2) is 0 Å². The van der Waals surface area contributed by atoms with E-state index in [1.54, 1.807) is 0 Å². The summed E-state index contributed by atoms with van der Waals surface area (Å²) in [6, 6.07) is 2.66. The van der Waals surface area contributed by atoms with Gasteiger partial charge in [0.15, 0.2) is 0 Å². The van der Waals surface area contributed by atoms with Crippen LogP contribution in [0.1, 0.15) is 104 Å². The molecule has 0 spiro atoms. The molecule has 3 nitrogen and oxygen atoms in total. The summed E-state index contributed by atoms with van der Waals surface area (Å²) < 4.78 is 5.99. The van der Waals surface area contributed by atoms with Gasteiger partial charge in [0.1, 0.15) is 5.78 Å². The lowest BCUT2D eigenvalue weighted by atomic mass is 9.71. The minimum absolute atomic E-state index is 0.241. The highest BCUT2D eigenvalue weighted by atomic mass is 16.5. The molecule has 2 rings (SSSR count). The van der Waals surface area contributed by atoms with Crippen LogP contribution in [-0.4, -0.2) is 18.5 Å². The molecule has 154 valence electrons. The summed E-state index contributed by atoms with van der Waals surface area (Å²) in [5.74, 6) is 2.67. The van der Waals surface area contributed by atoms with Crippen LogP contribution >= 0.6 is 0 Å². The fourth-order valence-electron chi connectivity index (χ4n) is 5.06. The third-order valence-corrected chi connectivity index (χ3v) is 7.08. The van der Waals surface area contributed by atoms with Crippen LogP contribution in [0.5, 0.6) is 0 Å². The van der Waals surface area contributed by atoms with Crippen molar-refractivity contribution < 1.29 is 9.53 Å². The second-order valence-electron chi connectivity index (χ2n) is 9.05. The number of ether oxygens (including phenoxy) is 1. The number of Topliss-reactive ketones (excluding diaryl/α,β-unsaturated/α-hetero) is 1. The summed E-state index contributed by atoms with van der Waals surface area (Å²) in [6.07, 6.45) is 16.1. The van der Waals surface area contributed by atoms with E-state index in [1.165, 1.54) is 64.2 Å². The average molecular weight is 376 g/mol. The number of carbonyl (C=O) groups excluding carboxylic acids is 1. The molecule has 0 aliphatic heterocycles. The van der Waals surface area contributed by atoms with Crippen molar-refractivity contribution in [3.8, 4) is 6.07 Å². The number of carbonyl (C=O) groups is 1. The smallest absolute Gasteiger partial charge is 0.132 e. The molecular formula is C24H41NO2. The molecule has 1 atom stereocenters. The Kier molecular flexibility index (Phi) is 10.4. The topological polar surface area (TPSA) is 50.1 Å². The molecule has 0 aromatic carbocycles. The summed E-state index contributed by atoms with van der Waals surface area (Å²) in [5, 5.41) is 9.76. The van der Waals surface area contributed by atoms with Gasteiger partial charge in [0.25, 0.3) is 0 Å². The van der Waals surface area contributed by atoms with Crippen molar-refractivity contribution in [1.29, 1.82) is 5.26 Å². The Hall–Kier alpha value is -0.880. The number of unbranched alkanes of at least 4 members (excludes halogenated alkanes) is 1. The Morgan fingerprint density at radius 1 is 1.04 bits per heavy atom. The van der Waals surface area contributed by atoms with Gasteiger partial charge in [-0.2, -0.15) is 5.26 Å². The van der Waals surface area contributed by atoms with Crippen LogP contribution in [-0.2, 0) is 9.53 Å². The Balaban J connectivity index is 1.66. The van der Waals surface area contributed by atoms with Gasteiger partial charge >= 0.3 is 0 Å². The van der Waals surface area contributed by atoms with Crippen LogP contribution in [0.25, 0.3) is 0 Å². The first-order valence-corrected chi connectivity index (χ1v) is 11.7. The second-order valence-corrected chi connectivity index (χ2v) is 9.05. The third-order valence-electron chi connectivity index (χ3n) is 7.08. The highest BCUT2D eigenvalue weighted by Crippen LogP contribution is 2.40. The van der Waals surface area contributed by atoms with E-state index < -0.39 is 0 Å². The van der Waals surface area contributed by atoms with Crippen LogP contribution in [0, 0.1) is 35.0 Å². The summed E-state index contributed by atoms with van der Waals surface area (Å²) in [5.41, 5.74) is 0. The fraction of sp³-hybridized carbons (Fsp3) is 0.917. The first kappa shape index (κ1) is 22.4. The lowest BCUT2D eigenvalue weighted by Gasteiger charge is -2.34. The fourth-order valence-corrected chi connectivity index (χ4v) is 5.06. The summed E-state index contributed by atoms with van der Waals surface area (Å²) in [7, 11) is 0. The zero-order chi connectivity index (χ0) is 19.5. The van der Waals surface area contributed by atoms with Gasteiger partial charge in [-0.05, 0) is 75.5 Å². The molecule has 27 heavy (non-hydrogen) atoms. The molecule has 2 fully saturated rings. The van der Waals surface area contributed by atoms with Crippen LogP contribution in [0.2, 0.25) is 0 Å². The molecule has 0 amide bonds. The number of rotatable bonds is 11. The van der Waals surface area contributed by atoms with Gasteiger partial charge in [-0.15, -0.1) is 0 Å². The molecule has 2 saturated carbocycles. The molecule has 0 heterocycles. The maximum Gasteiger partial charge on any atom is 0.132 e. The number of nitriles is 1. The van der Waals surface area contributed by atoms with Crippen molar-refractivity contribution in [2.75, 3.05) is 6.61 Å². The predicted octanol–water partition coefficient (Wildman–Crippen LogP) is 6.46. The standard InChI is InChI=1S/C24H41NO2/c1-3-5-16-27-24-14-9-20(10-15-24)17-22(18-25)21-11-6-19(7-12-21)8-13-23(26)4-2/h19-22,24H,3-17H2,1-2H3/t19?,20-,21?,22?,24-. The van der Waals surface area contributed by atoms with Crippen LogP contribution in [0.15, 0.2) is 0 Å². The zero-order valence-corrected chi connectivity index (χ0v) is 17.8. The Bertz CT molecular complexity index is 453. The Morgan fingerprint density at radius 2 is 1.70 bits per heavy atom. The number of hydrogen-bond acceptors (Lipinski definition) is 3. The second kappa shape index (κ2) is 12.6. The predicted molar refractivity (Wildman–Crippen MR) is 110 cm³/mol. The van der Waals surface area contributed by atoms with Gasteiger partial charge in [0.2, 0.25) is 0 Å². The largest absolute Gasteiger partial charge is 0.378 e. The summed E-state index contributed by atoms with van der Waals surface area (Å²) in [6.45, 7) is 5.09. The summed E-state index contributed by atoms with van der Waals surface area (Å²) >= 11 is 0. The van der Waals surface area contributed by atoms with Gasteiger partial charge in [-0.3, -0.25) is 4.79 Å². The van der Waals surface area contributed by atoms with Gasteiger partial charge in [0.05, 0.1) is 12.2 Å². The molecule has 0 N–H and O–H groups in total. The van der Waals surface area contributed by atoms with Crippen molar-refractivity contribution in [3.05, 3.63) is 0 Å². The monoisotopic (exact) mass is 375 g/mol. The maximum atomic E-state index is 11.5. The third kappa shape index (κ3) is 7.94. The van der Waals surface area contributed by atoms with E-state index in [2.05, 4.69) is 13.0 Å². The van der Waals surface area contributed by atoms with E-state index in [4.69, 9.17) is 4.74 Å². The molecule has 0 bridgehead atoms. The van der Waals surface area contributed by atoms with Gasteiger partial charge < -0.3 is 4.74 Å². The normalized spacial score (nSPS) is 29.8.